The molecule has 0 bridgehead atoms. The molecule has 0 spiro atoms. The fourth-order valence-electron chi connectivity index (χ4n) is 2.29. The number of anilines is 1. The van der Waals surface area contributed by atoms with Crippen LogP contribution in [0.25, 0.3) is 0 Å². The Morgan fingerprint density at radius 1 is 1.17 bits per heavy atom. The molecule has 128 valence electrons. The molecule has 0 heterocycles. The predicted molar refractivity (Wildman–Crippen MR) is 96.4 cm³/mol. The normalized spacial score (nSPS) is 10.2. The Morgan fingerprint density at radius 2 is 1.88 bits per heavy atom. The van der Waals surface area contributed by atoms with Crippen LogP contribution in [0.2, 0.25) is 5.02 Å². The summed E-state index contributed by atoms with van der Waals surface area (Å²) in [7, 11) is 1.53. The molecule has 2 aromatic carbocycles. The molecule has 0 radical (unpaired) electrons. The second kappa shape index (κ2) is 8.45. The number of halogens is 1. The third-order valence-electron chi connectivity index (χ3n) is 3.45. The van der Waals surface area contributed by atoms with Crippen LogP contribution in [-0.2, 0) is 0 Å². The average molecular weight is 349 g/mol. The quantitative estimate of drug-likeness (QED) is 0.770. The second-order valence-corrected chi connectivity index (χ2v) is 5.73. The number of para-hydroxylation sites is 1. The Morgan fingerprint density at radius 3 is 2.54 bits per heavy atom. The summed E-state index contributed by atoms with van der Waals surface area (Å²) in [5.41, 5.74) is 2.66. The fraction of sp³-hybridized carbons (Fsp3) is 0.278. The lowest BCUT2D eigenvalue weighted by molar-refractivity contribution is 0.247. The molecule has 0 saturated carbocycles. The third-order valence-corrected chi connectivity index (χ3v) is 3.69. The number of urea groups is 1. The lowest BCUT2D eigenvalue weighted by atomic mass is 10.1. The maximum Gasteiger partial charge on any atom is 0.319 e. The Labute approximate surface area is 146 Å². The van der Waals surface area contributed by atoms with Gasteiger partial charge in [0.1, 0.15) is 18.1 Å². The molecule has 0 fully saturated rings. The van der Waals surface area contributed by atoms with Crippen molar-refractivity contribution in [3.05, 3.63) is 52.5 Å². The van der Waals surface area contributed by atoms with E-state index in [1.165, 1.54) is 7.11 Å². The summed E-state index contributed by atoms with van der Waals surface area (Å²) >= 11 is 5.93. The summed E-state index contributed by atoms with van der Waals surface area (Å²) in [6.07, 6.45) is 0. The van der Waals surface area contributed by atoms with Crippen molar-refractivity contribution in [1.29, 1.82) is 0 Å². The van der Waals surface area contributed by atoms with Gasteiger partial charge in [0.2, 0.25) is 0 Å². The summed E-state index contributed by atoms with van der Waals surface area (Å²) in [6, 6.07) is 10.7. The van der Waals surface area contributed by atoms with Crippen molar-refractivity contribution in [3.63, 3.8) is 0 Å². The molecule has 0 aliphatic heterocycles. The summed E-state index contributed by atoms with van der Waals surface area (Å²) in [4.78, 5) is 12.0. The molecule has 0 aliphatic rings. The van der Waals surface area contributed by atoms with E-state index in [1.807, 2.05) is 32.0 Å². The summed E-state index contributed by atoms with van der Waals surface area (Å²) < 4.78 is 10.9. The van der Waals surface area contributed by atoms with Crippen LogP contribution in [0, 0.1) is 13.8 Å². The largest absolute Gasteiger partial charge is 0.495 e. The molecule has 0 unspecified atom stereocenters. The SMILES string of the molecule is COc1ccc(Cl)cc1NC(=O)NCCOc1c(C)cccc1C. The standard InChI is InChI=1S/C18H21ClN2O3/c1-12-5-4-6-13(2)17(12)24-10-9-20-18(22)21-15-11-14(19)7-8-16(15)23-3/h4-8,11H,9-10H2,1-3H3,(H2,20,21,22). The van der Waals surface area contributed by atoms with Gasteiger partial charge in [0, 0.05) is 5.02 Å². The van der Waals surface area contributed by atoms with Crippen LogP contribution in [0.5, 0.6) is 11.5 Å². The summed E-state index contributed by atoms with van der Waals surface area (Å²) in [5.74, 6) is 1.40. The van der Waals surface area contributed by atoms with Crippen molar-refractivity contribution in [2.75, 3.05) is 25.6 Å². The fourth-order valence-corrected chi connectivity index (χ4v) is 2.46. The first kappa shape index (κ1) is 17.9. The molecule has 2 amide bonds. The lowest BCUT2D eigenvalue weighted by Crippen LogP contribution is -2.32. The highest BCUT2D eigenvalue weighted by atomic mass is 35.5. The molecule has 0 atom stereocenters. The smallest absolute Gasteiger partial charge is 0.319 e. The van der Waals surface area contributed by atoms with Crippen LogP contribution < -0.4 is 20.1 Å². The first-order valence-corrected chi connectivity index (χ1v) is 7.96. The molecule has 24 heavy (non-hydrogen) atoms. The molecular weight excluding hydrogens is 328 g/mol. The zero-order valence-electron chi connectivity index (χ0n) is 14.0. The molecule has 2 aromatic rings. The zero-order chi connectivity index (χ0) is 17.5. The molecule has 2 N–H and O–H groups in total. The van der Waals surface area contributed by atoms with E-state index in [1.54, 1.807) is 18.2 Å². The maximum atomic E-state index is 12.0. The number of benzene rings is 2. The number of rotatable bonds is 6. The van der Waals surface area contributed by atoms with E-state index in [9.17, 15) is 4.79 Å². The molecular formula is C18H21ClN2O3. The molecule has 0 saturated heterocycles. The summed E-state index contributed by atoms with van der Waals surface area (Å²) in [6.45, 7) is 4.75. The monoisotopic (exact) mass is 348 g/mol. The Bertz CT molecular complexity index is 699. The third kappa shape index (κ3) is 4.80. The lowest BCUT2D eigenvalue weighted by Gasteiger charge is -2.13. The minimum absolute atomic E-state index is 0.347. The van der Waals surface area contributed by atoms with Gasteiger partial charge in [-0.15, -0.1) is 0 Å². The van der Waals surface area contributed by atoms with Gasteiger partial charge in [0.15, 0.2) is 0 Å². The van der Waals surface area contributed by atoms with E-state index in [4.69, 9.17) is 21.1 Å². The van der Waals surface area contributed by atoms with Gasteiger partial charge in [-0.1, -0.05) is 29.8 Å². The van der Waals surface area contributed by atoms with Crippen molar-refractivity contribution in [3.8, 4) is 11.5 Å². The number of methoxy groups -OCH3 is 1. The first-order chi connectivity index (χ1) is 11.5. The van der Waals surface area contributed by atoms with Crippen LogP contribution in [0.15, 0.2) is 36.4 Å². The van der Waals surface area contributed by atoms with Crippen LogP contribution >= 0.6 is 11.6 Å². The van der Waals surface area contributed by atoms with Gasteiger partial charge in [-0.25, -0.2) is 4.79 Å². The van der Waals surface area contributed by atoms with E-state index in [0.717, 1.165) is 16.9 Å². The number of carbonyl (C=O) groups is 1. The number of carbonyl (C=O) groups excluding carboxylic acids is 1. The van der Waals surface area contributed by atoms with E-state index < -0.39 is 0 Å². The van der Waals surface area contributed by atoms with Gasteiger partial charge >= 0.3 is 6.03 Å². The van der Waals surface area contributed by atoms with Gasteiger partial charge in [-0.2, -0.15) is 0 Å². The Balaban J connectivity index is 1.83. The highest BCUT2D eigenvalue weighted by molar-refractivity contribution is 6.31. The number of hydrogen-bond donors (Lipinski definition) is 2. The second-order valence-electron chi connectivity index (χ2n) is 5.29. The molecule has 6 heteroatoms. The topological polar surface area (TPSA) is 59.6 Å². The molecule has 5 nitrogen and oxygen atoms in total. The molecule has 0 aliphatic carbocycles. The van der Waals surface area contributed by atoms with Crippen molar-refractivity contribution >= 4 is 23.3 Å². The van der Waals surface area contributed by atoms with Gasteiger partial charge < -0.3 is 20.1 Å². The number of amides is 2. The van der Waals surface area contributed by atoms with Gasteiger partial charge in [0.25, 0.3) is 0 Å². The van der Waals surface area contributed by atoms with E-state index >= 15 is 0 Å². The number of aryl methyl sites for hydroxylation is 2. The minimum Gasteiger partial charge on any atom is -0.495 e. The summed E-state index contributed by atoms with van der Waals surface area (Å²) in [5, 5.41) is 5.96. The van der Waals surface area contributed by atoms with Crippen LogP contribution in [-0.4, -0.2) is 26.3 Å². The van der Waals surface area contributed by atoms with Crippen LogP contribution in [0.1, 0.15) is 11.1 Å². The van der Waals surface area contributed by atoms with E-state index in [2.05, 4.69) is 10.6 Å². The average Bonchev–Trinajstić information content (AvgIpc) is 2.54. The number of hydrogen-bond acceptors (Lipinski definition) is 3. The highest BCUT2D eigenvalue weighted by Crippen LogP contribution is 2.27. The molecule has 0 aromatic heterocycles. The predicted octanol–water partition coefficient (Wildman–Crippen LogP) is 4.17. The van der Waals surface area contributed by atoms with Crippen molar-refractivity contribution in [2.24, 2.45) is 0 Å². The Kier molecular flexibility index (Phi) is 6.32. The van der Waals surface area contributed by atoms with Gasteiger partial charge in [-0.3, -0.25) is 0 Å². The number of nitrogens with one attached hydrogen (secondary N) is 2. The zero-order valence-corrected chi connectivity index (χ0v) is 14.7. The van der Waals surface area contributed by atoms with Crippen LogP contribution in [0.3, 0.4) is 0 Å². The first-order valence-electron chi connectivity index (χ1n) is 7.58. The van der Waals surface area contributed by atoms with E-state index in [-0.39, 0.29) is 6.03 Å². The van der Waals surface area contributed by atoms with E-state index in [0.29, 0.717) is 29.6 Å². The molecule has 2 rings (SSSR count). The highest BCUT2D eigenvalue weighted by Gasteiger charge is 2.08. The van der Waals surface area contributed by atoms with Crippen molar-refractivity contribution in [2.45, 2.75) is 13.8 Å². The van der Waals surface area contributed by atoms with Gasteiger partial charge in [0.05, 0.1) is 19.3 Å². The van der Waals surface area contributed by atoms with Crippen molar-refractivity contribution in [1.82, 2.24) is 5.32 Å². The number of ether oxygens (including phenoxy) is 2. The maximum absolute atomic E-state index is 12.0. The Hall–Kier alpha value is -2.40. The van der Waals surface area contributed by atoms with Crippen LogP contribution in [0.4, 0.5) is 10.5 Å². The van der Waals surface area contributed by atoms with Crippen molar-refractivity contribution < 1.29 is 14.3 Å². The minimum atomic E-state index is -0.347. The van der Waals surface area contributed by atoms with Gasteiger partial charge in [-0.05, 0) is 43.2 Å².